The van der Waals surface area contributed by atoms with Crippen molar-refractivity contribution >= 4 is 18.2 Å². The molecule has 0 spiro atoms. The van der Waals surface area contributed by atoms with Crippen LogP contribution in [0.5, 0.6) is 0 Å². The lowest BCUT2D eigenvalue weighted by molar-refractivity contribution is 0.951. The minimum atomic E-state index is -0.287. The molecule has 0 aromatic carbocycles. The minimum absolute atomic E-state index is 0. The van der Waals surface area contributed by atoms with E-state index in [1.165, 1.54) is 0 Å². The van der Waals surface area contributed by atoms with E-state index in [0.29, 0.717) is 0 Å². The Morgan fingerprint density at radius 3 is 1.86 bits per heavy atom. The van der Waals surface area contributed by atoms with Crippen molar-refractivity contribution in [2.24, 2.45) is 11.5 Å². The molecule has 7 heavy (non-hydrogen) atoms. The Bertz CT molecular complexity index is 61.2. The van der Waals surface area contributed by atoms with Gasteiger partial charge in [-0.2, -0.15) is 0 Å². The molecule has 1 unspecified atom stereocenters. The van der Waals surface area contributed by atoms with Crippen LogP contribution in [0.1, 0.15) is 6.92 Å². The maximum absolute atomic E-state index is 6.60. The molecular weight excluding hydrogens is 114 g/mol. The zero-order valence-corrected chi connectivity index (χ0v) is 4.96. The summed E-state index contributed by atoms with van der Waals surface area (Å²) in [7, 11) is 0. The van der Waals surface area contributed by atoms with E-state index in [2.05, 4.69) is 0 Å². The highest BCUT2D eigenvalue weighted by Gasteiger charge is 1.91. The Hall–Kier alpha value is -0.280. The summed E-state index contributed by atoms with van der Waals surface area (Å²) in [5.74, 6) is 0.0370. The average Bonchev–Trinajstić information content (AvgIpc) is 1.36. The van der Waals surface area contributed by atoms with Crippen LogP contribution in [0.2, 0.25) is 0 Å². The van der Waals surface area contributed by atoms with E-state index in [9.17, 15) is 0 Å². The summed E-state index contributed by atoms with van der Waals surface area (Å²) in [5, 5.41) is 6.60. The van der Waals surface area contributed by atoms with Crippen molar-refractivity contribution in [2.75, 3.05) is 0 Å². The lowest BCUT2D eigenvalue weighted by Gasteiger charge is -1.96. The Balaban J connectivity index is 0. The van der Waals surface area contributed by atoms with Gasteiger partial charge in [-0.25, -0.2) is 0 Å². The molecule has 3 nitrogen and oxygen atoms in total. The highest BCUT2D eigenvalue weighted by Crippen LogP contribution is 1.65. The number of amidine groups is 1. The fourth-order valence-electron chi connectivity index (χ4n) is 0. The molecule has 0 rings (SSSR count). The van der Waals surface area contributed by atoms with Gasteiger partial charge in [0.2, 0.25) is 0 Å². The van der Waals surface area contributed by atoms with Crippen LogP contribution >= 0.6 is 12.4 Å². The van der Waals surface area contributed by atoms with Gasteiger partial charge in [-0.15, -0.1) is 12.4 Å². The number of nitrogens with two attached hydrogens (primary N) is 2. The summed E-state index contributed by atoms with van der Waals surface area (Å²) in [5.41, 5.74) is 9.98. The fraction of sp³-hybridized carbons (Fsp3) is 0.667. The predicted octanol–water partition coefficient (Wildman–Crippen LogP) is -0.309. The highest BCUT2D eigenvalue weighted by molar-refractivity contribution is 5.85. The second-order valence-corrected chi connectivity index (χ2v) is 1.24. The first-order valence-electron chi connectivity index (χ1n) is 1.74. The molecule has 0 aromatic heterocycles. The zero-order chi connectivity index (χ0) is 5.15. The Morgan fingerprint density at radius 2 is 1.86 bits per heavy atom. The van der Waals surface area contributed by atoms with E-state index < -0.39 is 0 Å². The molecule has 44 valence electrons. The van der Waals surface area contributed by atoms with Gasteiger partial charge >= 0.3 is 0 Å². The molecule has 0 amide bonds. The average molecular weight is 124 g/mol. The van der Waals surface area contributed by atoms with Gasteiger partial charge in [0.25, 0.3) is 0 Å². The van der Waals surface area contributed by atoms with Crippen LogP contribution in [0, 0.1) is 5.41 Å². The molecule has 0 saturated heterocycles. The third-order valence-electron chi connectivity index (χ3n) is 0.491. The molecule has 0 radical (unpaired) electrons. The molecule has 0 aromatic rings. The zero-order valence-electron chi connectivity index (χ0n) is 4.14. The van der Waals surface area contributed by atoms with Crippen LogP contribution in [-0.2, 0) is 0 Å². The molecule has 0 aliphatic carbocycles. The number of nitrogens with one attached hydrogen (secondary N) is 1. The second kappa shape index (κ2) is 3.89. The molecule has 0 fully saturated rings. The van der Waals surface area contributed by atoms with Crippen molar-refractivity contribution in [1.29, 1.82) is 5.41 Å². The quantitative estimate of drug-likeness (QED) is 0.331. The molecular formula is C3H10ClN3. The molecule has 0 bridgehead atoms. The molecule has 0 saturated carbocycles. The summed E-state index contributed by atoms with van der Waals surface area (Å²) in [6, 6.07) is -0.287. The Labute approximate surface area is 49.0 Å². The van der Waals surface area contributed by atoms with Crippen molar-refractivity contribution in [3.05, 3.63) is 0 Å². The maximum atomic E-state index is 6.60. The smallest absolute Gasteiger partial charge is 0.107 e. The molecule has 4 heteroatoms. The van der Waals surface area contributed by atoms with Gasteiger partial charge in [-0.3, -0.25) is 5.41 Å². The topological polar surface area (TPSA) is 75.9 Å². The molecule has 0 aliphatic rings. The highest BCUT2D eigenvalue weighted by atomic mass is 35.5. The first-order chi connectivity index (χ1) is 2.64. The van der Waals surface area contributed by atoms with Crippen LogP contribution in [0.3, 0.4) is 0 Å². The van der Waals surface area contributed by atoms with Gasteiger partial charge in [0.1, 0.15) is 5.84 Å². The van der Waals surface area contributed by atoms with Crippen molar-refractivity contribution in [2.45, 2.75) is 13.0 Å². The normalized spacial score (nSPS) is 11.7. The van der Waals surface area contributed by atoms with E-state index in [0.717, 1.165) is 0 Å². The third-order valence-corrected chi connectivity index (χ3v) is 0.491. The molecule has 1 atom stereocenters. The molecule has 5 N–H and O–H groups in total. The lowest BCUT2D eigenvalue weighted by atomic mass is 10.3. The molecule has 0 heterocycles. The summed E-state index contributed by atoms with van der Waals surface area (Å²) in [6.07, 6.45) is 0. The number of halogens is 1. The van der Waals surface area contributed by atoms with E-state index in [1.54, 1.807) is 6.92 Å². The Kier molecular flexibility index (Phi) is 5.49. The van der Waals surface area contributed by atoms with Crippen molar-refractivity contribution < 1.29 is 0 Å². The van der Waals surface area contributed by atoms with Crippen molar-refractivity contribution in [1.82, 2.24) is 0 Å². The van der Waals surface area contributed by atoms with E-state index in [4.69, 9.17) is 16.9 Å². The number of hydrogen-bond acceptors (Lipinski definition) is 2. The van der Waals surface area contributed by atoms with Crippen molar-refractivity contribution in [3.63, 3.8) is 0 Å². The maximum Gasteiger partial charge on any atom is 0.107 e. The summed E-state index contributed by atoms with van der Waals surface area (Å²) >= 11 is 0. The fourth-order valence-corrected chi connectivity index (χ4v) is 0. The standard InChI is InChI=1S/C3H9N3.ClH/c1-2(4)3(5)6;/h2H,4H2,1H3,(H3,5,6);1H. The van der Waals surface area contributed by atoms with Gasteiger partial charge in [0.05, 0.1) is 6.04 Å². The van der Waals surface area contributed by atoms with Crippen molar-refractivity contribution in [3.8, 4) is 0 Å². The van der Waals surface area contributed by atoms with Crippen LogP contribution < -0.4 is 11.5 Å². The number of hydrogen-bond donors (Lipinski definition) is 3. The first-order valence-corrected chi connectivity index (χ1v) is 1.74. The lowest BCUT2D eigenvalue weighted by Crippen LogP contribution is -2.32. The SMILES string of the molecule is CC(N)C(=N)N.Cl. The summed E-state index contributed by atoms with van der Waals surface area (Å²) in [4.78, 5) is 0. The third kappa shape index (κ3) is 5.72. The van der Waals surface area contributed by atoms with Gasteiger partial charge < -0.3 is 11.5 Å². The first kappa shape index (κ1) is 9.87. The predicted molar refractivity (Wildman–Crippen MR) is 32.8 cm³/mol. The minimum Gasteiger partial charge on any atom is -0.386 e. The van der Waals surface area contributed by atoms with E-state index in [1.807, 2.05) is 0 Å². The van der Waals surface area contributed by atoms with Crippen LogP contribution in [0.25, 0.3) is 0 Å². The van der Waals surface area contributed by atoms with Gasteiger partial charge in [-0.1, -0.05) is 0 Å². The monoisotopic (exact) mass is 123 g/mol. The Morgan fingerprint density at radius 1 is 1.71 bits per heavy atom. The largest absolute Gasteiger partial charge is 0.386 e. The van der Waals surface area contributed by atoms with E-state index >= 15 is 0 Å². The van der Waals surface area contributed by atoms with Gasteiger partial charge in [-0.05, 0) is 6.92 Å². The number of rotatable bonds is 1. The summed E-state index contributed by atoms with van der Waals surface area (Å²) < 4.78 is 0. The molecule has 0 aliphatic heterocycles. The summed E-state index contributed by atoms with van der Waals surface area (Å²) in [6.45, 7) is 1.67. The van der Waals surface area contributed by atoms with Crippen LogP contribution in [0.15, 0.2) is 0 Å². The van der Waals surface area contributed by atoms with Crippen LogP contribution in [0.4, 0.5) is 0 Å². The van der Waals surface area contributed by atoms with E-state index in [-0.39, 0.29) is 24.3 Å². The van der Waals surface area contributed by atoms with Gasteiger partial charge in [0, 0.05) is 0 Å². The second-order valence-electron chi connectivity index (χ2n) is 1.24. The van der Waals surface area contributed by atoms with Crippen LogP contribution in [-0.4, -0.2) is 11.9 Å². The van der Waals surface area contributed by atoms with Gasteiger partial charge in [0.15, 0.2) is 0 Å².